The minimum Gasteiger partial charge on any atom is -0.435 e. The van der Waals surface area contributed by atoms with Crippen molar-refractivity contribution in [1.82, 2.24) is 15.0 Å². The van der Waals surface area contributed by atoms with Crippen molar-refractivity contribution in [3.63, 3.8) is 0 Å². The third-order valence-corrected chi connectivity index (χ3v) is 3.51. The van der Waals surface area contributed by atoms with Crippen molar-refractivity contribution < 1.29 is 13.5 Å². The predicted octanol–water partition coefficient (Wildman–Crippen LogP) is 4.83. The molecule has 22 heavy (non-hydrogen) atoms. The number of alkyl halides is 2. The molecule has 2 aromatic heterocycles. The lowest BCUT2D eigenvalue weighted by Gasteiger charge is -2.10. The summed E-state index contributed by atoms with van der Waals surface area (Å²) in [7, 11) is 0. The van der Waals surface area contributed by atoms with Gasteiger partial charge in [-0.25, -0.2) is 18.7 Å². The molecule has 0 bridgehead atoms. The van der Waals surface area contributed by atoms with E-state index in [0.717, 1.165) is 5.69 Å². The average molecular weight is 366 g/mol. The van der Waals surface area contributed by atoms with Crippen molar-refractivity contribution in [2.75, 3.05) is 0 Å². The molecule has 1 aromatic carbocycles. The highest BCUT2D eigenvalue weighted by molar-refractivity contribution is 9.10. The van der Waals surface area contributed by atoms with Gasteiger partial charge in [0.1, 0.15) is 4.60 Å². The molecule has 0 amide bonds. The van der Waals surface area contributed by atoms with E-state index in [2.05, 4.69) is 30.9 Å². The van der Waals surface area contributed by atoms with E-state index < -0.39 is 12.2 Å². The predicted molar refractivity (Wildman–Crippen MR) is 81.2 cm³/mol. The smallest absolute Gasteiger partial charge is 0.297 e. The van der Waals surface area contributed by atoms with E-state index in [4.69, 9.17) is 4.74 Å². The molecule has 0 N–H and O–H groups in total. The molecule has 112 valence electrons. The molecule has 0 aliphatic heterocycles. The standard InChI is InChI=1S/C15H10BrF2N3O/c1-8-6-7-11(12(16)19-8)22-15-9-4-2-3-5-10(9)20-14(21-15)13(17)18/h2-7,13H,1H3. The number of ether oxygens (including phenoxy) is 1. The van der Waals surface area contributed by atoms with E-state index in [-0.39, 0.29) is 5.88 Å². The molecular formula is C15H10BrF2N3O. The van der Waals surface area contributed by atoms with Crippen molar-refractivity contribution in [2.45, 2.75) is 13.3 Å². The van der Waals surface area contributed by atoms with Crippen molar-refractivity contribution in [1.29, 1.82) is 0 Å². The van der Waals surface area contributed by atoms with E-state index in [1.807, 2.05) is 6.92 Å². The van der Waals surface area contributed by atoms with Crippen LogP contribution in [0.5, 0.6) is 11.6 Å². The second-order valence-electron chi connectivity index (χ2n) is 4.55. The molecule has 4 nitrogen and oxygen atoms in total. The third-order valence-electron chi connectivity index (χ3n) is 2.94. The van der Waals surface area contributed by atoms with Crippen molar-refractivity contribution in [2.24, 2.45) is 0 Å². The number of hydrogen-bond donors (Lipinski definition) is 0. The van der Waals surface area contributed by atoms with Crippen LogP contribution in [0.4, 0.5) is 8.78 Å². The van der Waals surface area contributed by atoms with Gasteiger partial charge in [-0.1, -0.05) is 12.1 Å². The summed E-state index contributed by atoms with van der Waals surface area (Å²) in [6, 6.07) is 10.3. The number of nitrogens with zero attached hydrogens (tertiary/aromatic N) is 3. The summed E-state index contributed by atoms with van der Waals surface area (Å²) in [4.78, 5) is 11.9. The zero-order valence-corrected chi connectivity index (χ0v) is 13.0. The second kappa shape index (κ2) is 5.92. The van der Waals surface area contributed by atoms with E-state index >= 15 is 0 Å². The van der Waals surface area contributed by atoms with Gasteiger partial charge in [-0.3, -0.25) is 0 Å². The van der Waals surface area contributed by atoms with E-state index in [1.165, 1.54) is 0 Å². The number of aryl methyl sites for hydroxylation is 1. The van der Waals surface area contributed by atoms with Gasteiger partial charge in [-0.05, 0) is 47.1 Å². The first kappa shape index (κ1) is 14.8. The molecule has 0 aliphatic rings. The maximum atomic E-state index is 12.9. The normalized spacial score (nSPS) is 11.1. The molecule has 0 saturated carbocycles. The maximum Gasteiger partial charge on any atom is 0.297 e. The molecule has 0 spiro atoms. The van der Waals surface area contributed by atoms with Gasteiger partial charge in [-0.2, -0.15) is 4.98 Å². The van der Waals surface area contributed by atoms with Crippen molar-refractivity contribution >= 4 is 26.8 Å². The molecule has 3 aromatic rings. The van der Waals surface area contributed by atoms with Gasteiger partial charge >= 0.3 is 0 Å². The van der Waals surface area contributed by atoms with Crippen LogP contribution in [-0.2, 0) is 0 Å². The molecular weight excluding hydrogens is 356 g/mol. The fourth-order valence-electron chi connectivity index (χ4n) is 1.93. The van der Waals surface area contributed by atoms with Crippen LogP contribution in [-0.4, -0.2) is 15.0 Å². The SMILES string of the molecule is Cc1ccc(Oc2nc(C(F)F)nc3ccccc23)c(Br)n1. The minimum atomic E-state index is -2.77. The van der Waals surface area contributed by atoms with Gasteiger partial charge in [0.15, 0.2) is 11.6 Å². The van der Waals surface area contributed by atoms with Crippen LogP contribution in [0.2, 0.25) is 0 Å². The Hall–Kier alpha value is -2.15. The first-order chi connectivity index (χ1) is 10.5. The Morgan fingerprint density at radius 1 is 1.05 bits per heavy atom. The summed E-state index contributed by atoms with van der Waals surface area (Å²) in [6.07, 6.45) is -2.77. The number of fused-ring (bicyclic) bond motifs is 1. The van der Waals surface area contributed by atoms with Gasteiger partial charge in [0.05, 0.1) is 10.9 Å². The Morgan fingerprint density at radius 2 is 1.82 bits per heavy atom. The maximum absolute atomic E-state index is 12.9. The third kappa shape index (κ3) is 2.89. The number of rotatable bonds is 3. The minimum absolute atomic E-state index is 0.0762. The summed E-state index contributed by atoms with van der Waals surface area (Å²) in [5.41, 5.74) is 1.21. The van der Waals surface area contributed by atoms with E-state index in [0.29, 0.717) is 21.3 Å². The van der Waals surface area contributed by atoms with Crippen LogP contribution in [0.1, 0.15) is 17.9 Å². The molecule has 0 unspecified atom stereocenters. The Labute approximate surface area is 133 Å². The summed E-state index contributed by atoms with van der Waals surface area (Å²) >= 11 is 3.29. The lowest BCUT2D eigenvalue weighted by molar-refractivity contribution is 0.140. The molecule has 0 aliphatic carbocycles. The van der Waals surface area contributed by atoms with Gasteiger partial charge in [-0.15, -0.1) is 0 Å². The first-order valence-corrected chi connectivity index (χ1v) is 7.20. The van der Waals surface area contributed by atoms with Crippen LogP contribution >= 0.6 is 15.9 Å². The Morgan fingerprint density at radius 3 is 2.55 bits per heavy atom. The Bertz CT molecular complexity index is 842. The fourth-order valence-corrected chi connectivity index (χ4v) is 2.43. The summed E-state index contributed by atoms with van der Waals surface area (Å²) in [5.74, 6) is -0.0909. The van der Waals surface area contributed by atoms with Gasteiger partial charge in [0, 0.05) is 5.69 Å². The molecule has 0 fully saturated rings. The number of pyridine rings is 1. The Balaban J connectivity index is 2.12. The van der Waals surface area contributed by atoms with Crippen LogP contribution < -0.4 is 4.74 Å². The highest BCUT2D eigenvalue weighted by Crippen LogP contribution is 2.32. The highest BCUT2D eigenvalue weighted by atomic mass is 79.9. The van der Waals surface area contributed by atoms with Gasteiger partial charge in [0.2, 0.25) is 5.88 Å². The highest BCUT2D eigenvalue weighted by Gasteiger charge is 2.17. The summed E-state index contributed by atoms with van der Waals surface area (Å²) < 4.78 is 32.0. The zero-order chi connectivity index (χ0) is 15.7. The topological polar surface area (TPSA) is 47.9 Å². The second-order valence-corrected chi connectivity index (χ2v) is 5.30. The monoisotopic (exact) mass is 365 g/mol. The fraction of sp³-hybridized carbons (Fsp3) is 0.133. The molecule has 3 rings (SSSR count). The number of aromatic nitrogens is 3. The zero-order valence-electron chi connectivity index (χ0n) is 11.4. The molecule has 2 heterocycles. The first-order valence-electron chi connectivity index (χ1n) is 6.40. The van der Waals surface area contributed by atoms with Crippen LogP contribution in [0, 0.1) is 6.92 Å². The lowest BCUT2D eigenvalue weighted by Crippen LogP contribution is -2.00. The van der Waals surface area contributed by atoms with Crippen LogP contribution in [0.3, 0.4) is 0 Å². The molecule has 0 atom stereocenters. The van der Waals surface area contributed by atoms with Crippen LogP contribution in [0.15, 0.2) is 41.0 Å². The molecule has 7 heteroatoms. The van der Waals surface area contributed by atoms with Crippen molar-refractivity contribution in [3.8, 4) is 11.6 Å². The molecule has 0 saturated heterocycles. The number of hydrogen-bond acceptors (Lipinski definition) is 4. The Kier molecular flexibility index (Phi) is 3.98. The average Bonchev–Trinajstić information content (AvgIpc) is 2.49. The van der Waals surface area contributed by atoms with Crippen molar-refractivity contribution in [3.05, 3.63) is 52.5 Å². The number of halogens is 3. The van der Waals surface area contributed by atoms with E-state index in [1.54, 1.807) is 36.4 Å². The quantitative estimate of drug-likeness (QED) is 0.624. The number of benzene rings is 1. The van der Waals surface area contributed by atoms with Gasteiger partial charge in [0.25, 0.3) is 6.43 Å². The van der Waals surface area contributed by atoms with E-state index in [9.17, 15) is 8.78 Å². The van der Waals surface area contributed by atoms with Gasteiger partial charge < -0.3 is 4.74 Å². The number of para-hydroxylation sites is 1. The lowest BCUT2D eigenvalue weighted by atomic mass is 10.2. The van der Waals surface area contributed by atoms with Crippen LogP contribution in [0.25, 0.3) is 10.9 Å². The molecule has 0 radical (unpaired) electrons. The summed E-state index contributed by atoms with van der Waals surface area (Å²) in [5, 5.41) is 0.555. The largest absolute Gasteiger partial charge is 0.435 e. The summed E-state index contributed by atoms with van der Waals surface area (Å²) in [6.45, 7) is 1.84.